The van der Waals surface area contributed by atoms with E-state index in [0.717, 1.165) is 6.54 Å². The number of ether oxygens (including phenoxy) is 2. The Morgan fingerprint density at radius 3 is 2.50 bits per heavy atom. The fourth-order valence-electron chi connectivity index (χ4n) is 1.89. The Bertz CT molecular complexity index is 555. The summed E-state index contributed by atoms with van der Waals surface area (Å²) in [5.41, 5.74) is 1.65. The predicted octanol–water partition coefficient (Wildman–Crippen LogP) is 3.13. The molecule has 0 fully saturated rings. The SMILES string of the molecule is CNCc1ccc(OCc2cccc(OC)c2F)cc1. The Balaban J connectivity index is 2.01. The van der Waals surface area contributed by atoms with Crippen LogP contribution in [0.3, 0.4) is 0 Å². The molecule has 106 valence electrons. The number of hydrogen-bond acceptors (Lipinski definition) is 3. The summed E-state index contributed by atoms with van der Waals surface area (Å²) in [4.78, 5) is 0. The van der Waals surface area contributed by atoms with E-state index in [1.165, 1.54) is 12.7 Å². The maximum absolute atomic E-state index is 13.9. The average molecular weight is 275 g/mol. The Hall–Kier alpha value is -2.07. The van der Waals surface area contributed by atoms with Crippen LogP contribution in [0, 0.1) is 5.82 Å². The summed E-state index contributed by atoms with van der Waals surface area (Å²) in [6, 6.07) is 12.7. The van der Waals surface area contributed by atoms with Gasteiger partial charge < -0.3 is 14.8 Å². The normalized spacial score (nSPS) is 10.3. The number of nitrogens with one attached hydrogen (secondary N) is 1. The Morgan fingerprint density at radius 2 is 1.85 bits per heavy atom. The van der Waals surface area contributed by atoms with E-state index in [4.69, 9.17) is 9.47 Å². The van der Waals surface area contributed by atoms with E-state index in [0.29, 0.717) is 11.3 Å². The van der Waals surface area contributed by atoms with Gasteiger partial charge in [-0.25, -0.2) is 4.39 Å². The van der Waals surface area contributed by atoms with Crippen LogP contribution in [-0.4, -0.2) is 14.2 Å². The van der Waals surface area contributed by atoms with Gasteiger partial charge in [-0.2, -0.15) is 0 Å². The lowest BCUT2D eigenvalue weighted by molar-refractivity contribution is 0.295. The van der Waals surface area contributed by atoms with Crippen molar-refractivity contribution in [2.24, 2.45) is 0 Å². The molecule has 4 heteroatoms. The number of methoxy groups -OCH3 is 1. The minimum absolute atomic E-state index is 0.175. The second-order valence-corrected chi connectivity index (χ2v) is 4.40. The summed E-state index contributed by atoms with van der Waals surface area (Å²) in [6.45, 7) is 0.985. The third-order valence-corrected chi connectivity index (χ3v) is 2.96. The van der Waals surface area contributed by atoms with Crippen molar-refractivity contribution < 1.29 is 13.9 Å². The molecule has 0 aromatic heterocycles. The molecule has 0 heterocycles. The van der Waals surface area contributed by atoms with Crippen molar-refractivity contribution in [1.29, 1.82) is 0 Å². The lowest BCUT2D eigenvalue weighted by Gasteiger charge is -2.10. The van der Waals surface area contributed by atoms with Crippen molar-refractivity contribution in [2.75, 3.05) is 14.2 Å². The molecule has 2 rings (SSSR count). The quantitative estimate of drug-likeness (QED) is 0.878. The first-order chi connectivity index (χ1) is 9.74. The topological polar surface area (TPSA) is 30.5 Å². The third-order valence-electron chi connectivity index (χ3n) is 2.96. The van der Waals surface area contributed by atoms with E-state index in [1.54, 1.807) is 18.2 Å². The third kappa shape index (κ3) is 3.48. The summed E-state index contributed by atoms with van der Waals surface area (Å²) in [5, 5.41) is 3.08. The summed E-state index contributed by atoms with van der Waals surface area (Å²) >= 11 is 0. The zero-order chi connectivity index (χ0) is 14.4. The van der Waals surface area contributed by atoms with Crippen LogP contribution in [0.25, 0.3) is 0 Å². The largest absolute Gasteiger partial charge is 0.494 e. The van der Waals surface area contributed by atoms with Crippen LogP contribution in [0.1, 0.15) is 11.1 Å². The maximum atomic E-state index is 13.9. The van der Waals surface area contributed by atoms with Crippen LogP contribution >= 0.6 is 0 Å². The van der Waals surface area contributed by atoms with Crippen LogP contribution in [0.15, 0.2) is 42.5 Å². The van der Waals surface area contributed by atoms with Gasteiger partial charge in [0.15, 0.2) is 11.6 Å². The van der Waals surface area contributed by atoms with Crippen LogP contribution in [-0.2, 0) is 13.2 Å². The number of rotatable bonds is 6. The van der Waals surface area contributed by atoms with Crippen LogP contribution in [0.4, 0.5) is 4.39 Å². The fourth-order valence-corrected chi connectivity index (χ4v) is 1.89. The molecular weight excluding hydrogens is 257 g/mol. The zero-order valence-electron chi connectivity index (χ0n) is 11.7. The van der Waals surface area contributed by atoms with Gasteiger partial charge in [-0.3, -0.25) is 0 Å². The van der Waals surface area contributed by atoms with Gasteiger partial charge in [-0.1, -0.05) is 24.3 Å². The van der Waals surface area contributed by atoms with E-state index < -0.39 is 0 Å². The van der Waals surface area contributed by atoms with Gasteiger partial charge in [0, 0.05) is 12.1 Å². The van der Waals surface area contributed by atoms with Crippen LogP contribution < -0.4 is 14.8 Å². The first-order valence-electron chi connectivity index (χ1n) is 6.42. The second-order valence-electron chi connectivity index (χ2n) is 4.40. The van der Waals surface area contributed by atoms with Crippen molar-refractivity contribution in [3.63, 3.8) is 0 Å². The molecule has 0 unspecified atom stereocenters. The van der Waals surface area contributed by atoms with E-state index in [9.17, 15) is 4.39 Å². The van der Waals surface area contributed by atoms with Gasteiger partial charge in [-0.05, 0) is 30.8 Å². The van der Waals surface area contributed by atoms with Gasteiger partial charge in [0.05, 0.1) is 7.11 Å². The molecule has 0 bridgehead atoms. The molecule has 0 spiro atoms. The first kappa shape index (κ1) is 14.3. The van der Waals surface area contributed by atoms with E-state index in [1.807, 2.05) is 31.3 Å². The highest BCUT2D eigenvalue weighted by molar-refractivity contribution is 5.32. The molecule has 2 aromatic carbocycles. The van der Waals surface area contributed by atoms with Gasteiger partial charge in [0.2, 0.25) is 0 Å². The minimum Gasteiger partial charge on any atom is -0.494 e. The highest BCUT2D eigenvalue weighted by atomic mass is 19.1. The molecule has 0 aliphatic rings. The van der Waals surface area contributed by atoms with Crippen molar-refractivity contribution >= 4 is 0 Å². The van der Waals surface area contributed by atoms with Gasteiger partial charge in [-0.15, -0.1) is 0 Å². The highest BCUT2D eigenvalue weighted by Crippen LogP contribution is 2.21. The minimum atomic E-state index is -0.373. The molecule has 0 aliphatic carbocycles. The average Bonchev–Trinajstić information content (AvgIpc) is 2.48. The van der Waals surface area contributed by atoms with E-state index in [2.05, 4.69) is 5.32 Å². The molecule has 0 atom stereocenters. The second kappa shape index (κ2) is 6.91. The molecule has 0 saturated carbocycles. The Morgan fingerprint density at radius 1 is 1.10 bits per heavy atom. The van der Waals surface area contributed by atoms with Gasteiger partial charge in [0.25, 0.3) is 0 Å². The molecule has 0 aliphatic heterocycles. The lowest BCUT2D eigenvalue weighted by atomic mass is 10.2. The van der Waals surface area contributed by atoms with Crippen LogP contribution in [0.2, 0.25) is 0 Å². The zero-order valence-corrected chi connectivity index (χ0v) is 11.7. The highest BCUT2D eigenvalue weighted by Gasteiger charge is 2.08. The smallest absolute Gasteiger partial charge is 0.171 e. The van der Waals surface area contributed by atoms with E-state index in [-0.39, 0.29) is 18.2 Å². The van der Waals surface area contributed by atoms with Crippen LogP contribution in [0.5, 0.6) is 11.5 Å². The number of halogens is 1. The molecule has 3 nitrogen and oxygen atoms in total. The molecular formula is C16H18FNO2. The predicted molar refractivity (Wildman–Crippen MR) is 76.5 cm³/mol. The number of benzene rings is 2. The monoisotopic (exact) mass is 275 g/mol. The first-order valence-corrected chi connectivity index (χ1v) is 6.42. The standard InChI is InChI=1S/C16H18FNO2/c1-18-10-12-6-8-14(9-7-12)20-11-13-4-3-5-15(19-2)16(13)17/h3-9,18H,10-11H2,1-2H3. The van der Waals surface area contributed by atoms with Crippen molar-refractivity contribution in [1.82, 2.24) is 5.32 Å². The molecule has 0 amide bonds. The number of hydrogen-bond donors (Lipinski definition) is 1. The van der Waals surface area contributed by atoms with Gasteiger partial charge >= 0.3 is 0 Å². The lowest BCUT2D eigenvalue weighted by Crippen LogP contribution is -2.05. The molecule has 0 saturated heterocycles. The van der Waals surface area contributed by atoms with E-state index >= 15 is 0 Å². The molecule has 20 heavy (non-hydrogen) atoms. The van der Waals surface area contributed by atoms with Crippen molar-refractivity contribution in [3.8, 4) is 11.5 Å². The molecule has 1 N–H and O–H groups in total. The summed E-state index contributed by atoms with van der Waals surface area (Å²) in [6.07, 6.45) is 0. The Kier molecular flexibility index (Phi) is 4.96. The van der Waals surface area contributed by atoms with Crippen molar-refractivity contribution in [2.45, 2.75) is 13.2 Å². The molecule has 0 radical (unpaired) electrons. The summed E-state index contributed by atoms with van der Waals surface area (Å²) in [7, 11) is 3.35. The maximum Gasteiger partial charge on any atom is 0.171 e. The summed E-state index contributed by atoms with van der Waals surface area (Å²) < 4.78 is 24.5. The van der Waals surface area contributed by atoms with Crippen molar-refractivity contribution in [3.05, 3.63) is 59.4 Å². The van der Waals surface area contributed by atoms with Gasteiger partial charge in [0.1, 0.15) is 12.4 Å². The summed E-state index contributed by atoms with van der Waals surface area (Å²) in [5.74, 6) is 0.573. The molecule has 2 aromatic rings. The fraction of sp³-hybridized carbons (Fsp3) is 0.250. The Labute approximate surface area is 118 Å².